The minimum atomic E-state index is -3.59. The molecular formula is C22H30N2O3S. The smallest absolute Gasteiger partial charge is 0.241 e. The molecule has 2 aromatic carbocycles. The van der Waals surface area contributed by atoms with Crippen molar-refractivity contribution in [3.8, 4) is 5.75 Å². The first-order valence-corrected chi connectivity index (χ1v) is 11.3. The van der Waals surface area contributed by atoms with Crippen molar-refractivity contribution in [2.75, 3.05) is 26.7 Å². The molecule has 3 rings (SSSR count). The van der Waals surface area contributed by atoms with Gasteiger partial charge in [0.1, 0.15) is 5.75 Å². The van der Waals surface area contributed by atoms with Crippen molar-refractivity contribution in [3.63, 3.8) is 0 Å². The Kier molecular flexibility index (Phi) is 6.43. The van der Waals surface area contributed by atoms with Gasteiger partial charge in [0.15, 0.2) is 0 Å². The Balaban J connectivity index is 1.85. The summed E-state index contributed by atoms with van der Waals surface area (Å²) in [4.78, 5) is 2.76. The fourth-order valence-electron chi connectivity index (χ4n) is 4.19. The number of methoxy groups -OCH3 is 1. The van der Waals surface area contributed by atoms with Crippen LogP contribution in [0.5, 0.6) is 5.75 Å². The first-order chi connectivity index (χ1) is 13.3. The van der Waals surface area contributed by atoms with Crippen LogP contribution in [0, 0.1) is 20.8 Å². The topological polar surface area (TPSA) is 58.6 Å². The lowest BCUT2D eigenvalue weighted by Crippen LogP contribution is -2.37. The molecule has 1 heterocycles. The van der Waals surface area contributed by atoms with E-state index < -0.39 is 10.0 Å². The lowest BCUT2D eigenvalue weighted by Gasteiger charge is -2.28. The molecule has 0 aromatic heterocycles. The highest BCUT2D eigenvalue weighted by Crippen LogP contribution is 2.27. The van der Waals surface area contributed by atoms with E-state index in [9.17, 15) is 8.42 Å². The molecule has 1 N–H and O–H groups in total. The van der Waals surface area contributed by atoms with Crippen molar-refractivity contribution in [1.82, 2.24) is 9.62 Å². The highest BCUT2D eigenvalue weighted by Gasteiger charge is 2.27. The summed E-state index contributed by atoms with van der Waals surface area (Å²) < 4.78 is 34.3. The maximum absolute atomic E-state index is 13.1. The molecule has 6 heteroatoms. The minimum Gasteiger partial charge on any atom is -0.497 e. The molecule has 0 aliphatic carbocycles. The summed E-state index contributed by atoms with van der Waals surface area (Å²) in [5.74, 6) is 0.801. The number of nitrogens with one attached hydrogen (secondary N) is 1. The van der Waals surface area contributed by atoms with E-state index in [0.29, 0.717) is 11.4 Å². The van der Waals surface area contributed by atoms with E-state index in [1.165, 1.54) is 0 Å². The third kappa shape index (κ3) is 4.57. The number of ether oxygens (including phenoxy) is 1. The van der Waals surface area contributed by atoms with Gasteiger partial charge >= 0.3 is 0 Å². The van der Waals surface area contributed by atoms with Gasteiger partial charge in [0.2, 0.25) is 10.0 Å². The van der Waals surface area contributed by atoms with E-state index in [0.717, 1.165) is 53.9 Å². The number of rotatable bonds is 7. The second-order valence-corrected chi connectivity index (χ2v) is 9.32. The standard InChI is InChI=1S/C22H30N2O3S/c1-16-13-17(2)22(18(3)14-16)28(25,26)23-15-21(24-11-5-6-12-24)19-7-9-20(27-4)10-8-19/h7-10,13-14,21,23H,5-6,11-12,15H2,1-4H3/t21-/m0/s1. The Morgan fingerprint density at radius 3 is 2.14 bits per heavy atom. The Morgan fingerprint density at radius 1 is 1.04 bits per heavy atom. The van der Waals surface area contributed by atoms with Crippen molar-refractivity contribution >= 4 is 10.0 Å². The first-order valence-electron chi connectivity index (χ1n) is 9.77. The lowest BCUT2D eigenvalue weighted by molar-refractivity contribution is 0.246. The summed E-state index contributed by atoms with van der Waals surface area (Å²) in [6, 6.07) is 11.8. The molecule has 1 aliphatic rings. The van der Waals surface area contributed by atoms with Gasteiger partial charge in [-0.05, 0) is 75.5 Å². The van der Waals surface area contributed by atoms with Crippen LogP contribution in [0.1, 0.15) is 41.1 Å². The van der Waals surface area contributed by atoms with Gasteiger partial charge in [-0.1, -0.05) is 29.8 Å². The fraction of sp³-hybridized carbons (Fsp3) is 0.455. The van der Waals surface area contributed by atoms with Crippen molar-refractivity contribution < 1.29 is 13.2 Å². The van der Waals surface area contributed by atoms with Crippen LogP contribution in [0.25, 0.3) is 0 Å². The molecule has 0 bridgehead atoms. The van der Waals surface area contributed by atoms with Crippen LogP contribution in [-0.2, 0) is 10.0 Å². The van der Waals surface area contributed by atoms with E-state index >= 15 is 0 Å². The van der Waals surface area contributed by atoms with Crippen molar-refractivity contribution in [2.24, 2.45) is 0 Å². The number of likely N-dealkylation sites (tertiary alicyclic amines) is 1. The van der Waals surface area contributed by atoms with E-state index in [2.05, 4.69) is 9.62 Å². The van der Waals surface area contributed by atoms with Crippen LogP contribution in [0.2, 0.25) is 0 Å². The molecule has 2 aromatic rings. The molecule has 0 amide bonds. The average molecular weight is 403 g/mol. The quantitative estimate of drug-likeness (QED) is 0.767. The van der Waals surface area contributed by atoms with Crippen LogP contribution in [0.15, 0.2) is 41.3 Å². The monoisotopic (exact) mass is 402 g/mol. The highest BCUT2D eigenvalue weighted by atomic mass is 32.2. The summed E-state index contributed by atoms with van der Waals surface area (Å²) >= 11 is 0. The number of benzene rings is 2. The molecule has 28 heavy (non-hydrogen) atoms. The van der Waals surface area contributed by atoms with Crippen LogP contribution in [0.3, 0.4) is 0 Å². The lowest BCUT2D eigenvalue weighted by atomic mass is 10.1. The van der Waals surface area contributed by atoms with Gasteiger partial charge in [0.05, 0.1) is 12.0 Å². The van der Waals surface area contributed by atoms with Crippen molar-refractivity contribution in [2.45, 2.75) is 44.6 Å². The van der Waals surface area contributed by atoms with Gasteiger partial charge < -0.3 is 4.74 Å². The van der Waals surface area contributed by atoms with E-state index in [-0.39, 0.29) is 6.04 Å². The van der Waals surface area contributed by atoms with E-state index in [4.69, 9.17) is 4.74 Å². The average Bonchev–Trinajstić information content (AvgIpc) is 3.15. The Labute approximate surface area is 168 Å². The second-order valence-electron chi connectivity index (χ2n) is 7.61. The molecule has 0 spiro atoms. The molecular weight excluding hydrogens is 372 g/mol. The minimum absolute atomic E-state index is 0.00856. The molecule has 152 valence electrons. The van der Waals surface area contributed by atoms with Gasteiger partial charge in [0, 0.05) is 12.6 Å². The number of sulfonamides is 1. The zero-order valence-corrected chi connectivity index (χ0v) is 18.0. The number of hydrogen-bond donors (Lipinski definition) is 1. The maximum atomic E-state index is 13.1. The number of hydrogen-bond acceptors (Lipinski definition) is 4. The van der Waals surface area contributed by atoms with Crippen LogP contribution >= 0.6 is 0 Å². The number of aryl methyl sites for hydroxylation is 3. The first kappa shape index (κ1) is 20.8. The zero-order valence-electron chi connectivity index (χ0n) is 17.2. The van der Waals surface area contributed by atoms with Gasteiger partial charge in [-0.3, -0.25) is 4.90 Å². The Bertz CT molecular complexity index is 894. The summed E-state index contributed by atoms with van der Waals surface area (Å²) in [5, 5.41) is 0. The third-order valence-corrected chi connectivity index (χ3v) is 7.15. The molecule has 0 saturated carbocycles. The van der Waals surface area contributed by atoms with Crippen LogP contribution in [-0.4, -0.2) is 40.1 Å². The predicted molar refractivity (Wildman–Crippen MR) is 112 cm³/mol. The molecule has 1 atom stereocenters. The van der Waals surface area contributed by atoms with E-state index in [1.54, 1.807) is 7.11 Å². The van der Waals surface area contributed by atoms with Crippen LogP contribution in [0.4, 0.5) is 0 Å². The maximum Gasteiger partial charge on any atom is 0.241 e. The molecule has 0 radical (unpaired) electrons. The molecule has 5 nitrogen and oxygen atoms in total. The Morgan fingerprint density at radius 2 is 1.61 bits per heavy atom. The summed E-state index contributed by atoms with van der Waals surface area (Å²) in [5.41, 5.74) is 3.74. The summed E-state index contributed by atoms with van der Waals surface area (Å²) in [7, 11) is -1.94. The second kappa shape index (κ2) is 8.64. The third-order valence-electron chi connectivity index (χ3n) is 5.42. The van der Waals surface area contributed by atoms with E-state index in [1.807, 2.05) is 57.2 Å². The SMILES string of the molecule is COc1ccc([C@H](CNS(=O)(=O)c2c(C)cc(C)cc2C)N2CCCC2)cc1. The summed E-state index contributed by atoms with van der Waals surface area (Å²) in [6.07, 6.45) is 2.30. The highest BCUT2D eigenvalue weighted by molar-refractivity contribution is 7.89. The molecule has 1 saturated heterocycles. The van der Waals surface area contributed by atoms with Gasteiger partial charge in [-0.2, -0.15) is 0 Å². The summed E-state index contributed by atoms with van der Waals surface area (Å²) in [6.45, 7) is 8.02. The van der Waals surface area contributed by atoms with Crippen LogP contribution < -0.4 is 9.46 Å². The van der Waals surface area contributed by atoms with Crippen molar-refractivity contribution in [1.29, 1.82) is 0 Å². The molecule has 1 fully saturated rings. The molecule has 1 aliphatic heterocycles. The van der Waals surface area contributed by atoms with Gasteiger partial charge in [0.25, 0.3) is 0 Å². The zero-order chi connectivity index (χ0) is 20.3. The van der Waals surface area contributed by atoms with Gasteiger partial charge in [-0.25, -0.2) is 13.1 Å². The number of nitrogens with zero attached hydrogens (tertiary/aromatic N) is 1. The van der Waals surface area contributed by atoms with Crippen molar-refractivity contribution in [3.05, 3.63) is 58.7 Å². The largest absolute Gasteiger partial charge is 0.497 e. The normalized spacial score (nSPS) is 16.3. The van der Waals surface area contributed by atoms with Gasteiger partial charge in [-0.15, -0.1) is 0 Å². The molecule has 0 unspecified atom stereocenters. The predicted octanol–water partition coefficient (Wildman–Crippen LogP) is 3.74. The Hall–Kier alpha value is -1.89. The fourth-order valence-corrected chi connectivity index (χ4v) is 5.68.